The van der Waals surface area contributed by atoms with Gasteiger partial charge in [0.1, 0.15) is 5.54 Å². The first-order valence-electron chi connectivity index (χ1n) is 8.72. The molecule has 2 fully saturated rings. The Kier molecular flexibility index (Phi) is 9.55. The lowest BCUT2D eigenvalue weighted by Gasteiger charge is -2.57. The zero-order valence-corrected chi connectivity index (χ0v) is 17.1. The molecule has 1 amide bonds. The minimum Gasteiger partial charge on any atom is -0.378 e. The summed E-state index contributed by atoms with van der Waals surface area (Å²) < 4.78 is 5.69. The Bertz CT molecular complexity index is 403. The number of nitrogens with zero attached hydrogens (tertiary/aromatic N) is 1. The van der Waals surface area contributed by atoms with Gasteiger partial charge in [0, 0.05) is 31.5 Å². The van der Waals surface area contributed by atoms with Crippen molar-refractivity contribution < 1.29 is 9.53 Å². The number of amides is 1. The Morgan fingerprint density at radius 2 is 1.92 bits per heavy atom. The van der Waals surface area contributed by atoms with Crippen LogP contribution in [0, 0.1) is 11.3 Å². The molecule has 3 unspecified atom stereocenters. The summed E-state index contributed by atoms with van der Waals surface area (Å²) in [6.07, 6.45) is 3.30. The second kappa shape index (κ2) is 9.58. The highest BCUT2D eigenvalue weighted by Crippen LogP contribution is 2.49. The molecule has 1 heterocycles. The van der Waals surface area contributed by atoms with Gasteiger partial charge in [0.05, 0.1) is 6.10 Å². The second-order valence-electron chi connectivity index (χ2n) is 7.66. The molecule has 7 heteroatoms. The third kappa shape index (κ3) is 4.76. The van der Waals surface area contributed by atoms with Crippen LogP contribution in [0.15, 0.2) is 0 Å². The van der Waals surface area contributed by atoms with Crippen LogP contribution in [-0.2, 0) is 9.53 Å². The zero-order valence-electron chi connectivity index (χ0n) is 15.5. The fourth-order valence-corrected chi connectivity index (χ4v) is 3.72. The van der Waals surface area contributed by atoms with Crippen LogP contribution in [0.25, 0.3) is 0 Å². The zero-order chi connectivity index (χ0) is 16.4. The molecule has 1 saturated heterocycles. The Balaban J connectivity index is 0.00000264. The lowest BCUT2D eigenvalue weighted by atomic mass is 9.54. The average Bonchev–Trinajstić information content (AvgIpc) is 2.97. The van der Waals surface area contributed by atoms with E-state index in [2.05, 4.69) is 17.1 Å². The molecular weight excluding hydrogens is 349 g/mol. The number of halogens is 2. The summed E-state index contributed by atoms with van der Waals surface area (Å²) in [6.45, 7) is 13.0. The van der Waals surface area contributed by atoms with Gasteiger partial charge in [-0.2, -0.15) is 0 Å². The minimum atomic E-state index is -0.805. The van der Waals surface area contributed by atoms with Crippen molar-refractivity contribution >= 4 is 30.7 Å². The van der Waals surface area contributed by atoms with Crippen LogP contribution in [0.3, 0.4) is 0 Å². The summed E-state index contributed by atoms with van der Waals surface area (Å²) in [6, 6.07) is 0. The van der Waals surface area contributed by atoms with Gasteiger partial charge >= 0.3 is 0 Å². The van der Waals surface area contributed by atoms with Gasteiger partial charge in [-0.15, -0.1) is 24.8 Å². The van der Waals surface area contributed by atoms with Gasteiger partial charge < -0.3 is 20.7 Å². The van der Waals surface area contributed by atoms with Crippen LogP contribution in [0.2, 0.25) is 0 Å². The minimum absolute atomic E-state index is 0. The monoisotopic (exact) mass is 383 g/mol. The van der Waals surface area contributed by atoms with Crippen molar-refractivity contribution in [1.29, 1.82) is 0 Å². The van der Waals surface area contributed by atoms with Crippen molar-refractivity contribution in [3.63, 3.8) is 0 Å². The van der Waals surface area contributed by atoms with Crippen molar-refractivity contribution in [3.8, 4) is 0 Å². The summed E-state index contributed by atoms with van der Waals surface area (Å²) in [5, 5.41) is 3.07. The highest BCUT2D eigenvalue weighted by Gasteiger charge is 2.62. The van der Waals surface area contributed by atoms with Crippen LogP contribution in [-0.4, -0.2) is 55.2 Å². The molecule has 2 aliphatic rings. The molecule has 0 spiro atoms. The largest absolute Gasteiger partial charge is 0.378 e. The van der Waals surface area contributed by atoms with Crippen LogP contribution < -0.4 is 11.1 Å². The Labute approximate surface area is 159 Å². The van der Waals surface area contributed by atoms with E-state index in [1.165, 1.54) is 25.9 Å². The maximum atomic E-state index is 12.5. The number of hydrogen-bond donors (Lipinski definition) is 2. The number of nitrogens with two attached hydrogens (primary N) is 1. The van der Waals surface area contributed by atoms with Gasteiger partial charge in [0.25, 0.3) is 0 Å². The number of likely N-dealkylation sites (tertiary alicyclic amines) is 1. The highest BCUT2D eigenvalue weighted by molar-refractivity contribution is 5.88. The van der Waals surface area contributed by atoms with E-state index in [9.17, 15) is 4.79 Å². The molecule has 0 aromatic carbocycles. The van der Waals surface area contributed by atoms with Gasteiger partial charge in [0.15, 0.2) is 0 Å². The SMILES string of the molecule is CCOC1CC(N)(C(=O)NCC(C)CN2CCCC2)C1(C)C.Cl.Cl. The predicted molar refractivity (Wildman–Crippen MR) is 103 cm³/mol. The fraction of sp³-hybridized carbons (Fsp3) is 0.941. The molecule has 144 valence electrons. The Morgan fingerprint density at radius 3 is 2.42 bits per heavy atom. The van der Waals surface area contributed by atoms with Crippen molar-refractivity contribution in [1.82, 2.24) is 10.2 Å². The van der Waals surface area contributed by atoms with Crippen LogP contribution in [0.1, 0.15) is 47.0 Å². The summed E-state index contributed by atoms with van der Waals surface area (Å²) >= 11 is 0. The number of carbonyl (C=O) groups excluding carboxylic acids is 1. The lowest BCUT2D eigenvalue weighted by Crippen LogP contribution is -2.75. The molecule has 2 rings (SSSR count). The number of hydrogen-bond acceptors (Lipinski definition) is 4. The van der Waals surface area contributed by atoms with Gasteiger partial charge in [-0.1, -0.05) is 20.8 Å². The van der Waals surface area contributed by atoms with Crippen LogP contribution >= 0.6 is 24.8 Å². The molecule has 0 radical (unpaired) electrons. The van der Waals surface area contributed by atoms with Crippen LogP contribution in [0.4, 0.5) is 0 Å². The van der Waals surface area contributed by atoms with E-state index >= 15 is 0 Å². The number of ether oxygens (including phenoxy) is 1. The molecule has 24 heavy (non-hydrogen) atoms. The first-order valence-corrected chi connectivity index (χ1v) is 8.72. The Morgan fingerprint density at radius 1 is 1.33 bits per heavy atom. The second-order valence-corrected chi connectivity index (χ2v) is 7.66. The molecule has 0 aromatic heterocycles. The molecule has 3 N–H and O–H groups in total. The first kappa shape index (κ1) is 23.9. The topological polar surface area (TPSA) is 67.6 Å². The van der Waals surface area contributed by atoms with Crippen molar-refractivity contribution in [2.45, 2.75) is 58.6 Å². The van der Waals surface area contributed by atoms with Gasteiger partial charge in [-0.05, 0) is 38.8 Å². The molecule has 1 aliphatic heterocycles. The molecule has 1 saturated carbocycles. The van der Waals surface area contributed by atoms with E-state index in [1.807, 2.05) is 20.8 Å². The van der Waals surface area contributed by atoms with Crippen molar-refractivity contribution in [2.24, 2.45) is 17.1 Å². The van der Waals surface area contributed by atoms with Gasteiger partial charge in [-0.3, -0.25) is 4.79 Å². The maximum absolute atomic E-state index is 12.5. The van der Waals surface area contributed by atoms with E-state index in [4.69, 9.17) is 10.5 Å². The van der Waals surface area contributed by atoms with Gasteiger partial charge in [0.2, 0.25) is 5.91 Å². The maximum Gasteiger partial charge on any atom is 0.240 e. The Hall–Kier alpha value is -0.0700. The standard InChI is InChI=1S/C17H33N3O2.2ClH/c1-5-22-14-10-17(18,16(14,3)4)15(21)19-11-13(2)12-20-8-6-7-9-20;;/h13-14H,5-12,18H2,1-4H3,(H,19,21);2*1H. The number of carbonyl (C=O) groups is 1. The summed E-state index contributed by atoms with van der Waals surface area (Å²) in [4.78, 5) is 15.0. The van der Waals surface area contributed by atoms with E-state index in [0.717, 1.165) is 6.54 Å². The smallest absolute Gasteiger partial charge is 0.240 e. The van der Waals surface area contributed by atoms with Crippen molar-refractivity contribution in [3.05, 3.63) is 0 Å². The van der Waals surface area contributed by atoms with E-state index in [1.54, 1.807) is 0 Å². The average molecular weight is 384 g/mol. The first-order chi connectivity index (χ1) is 10.3. The van der Waals surface area contributed by atoms with Gasteiger partial charge in [-0.25, -0.2) is 0 Å². The molecular formula is C17H35Cl2N3O2. The van der Waals surface area contributed by atoms with E-state index in [-0.39, 0.29) is 42.2 Å². The third-order valence-electron chi connectivity index (χ3n) is 5.61. The quantitative estimate of drug-likeness (QED) is 0.706. The molecule has 0 bridgehead atoms. The normalized spacial score (nSPS) is 29.8. The van der Waals surface area contributed by atoms with E-state index in [0.29, 0.717) is 25.5 Å². The third-order valence-corrected chi connectivity index (χ3v) is 5.61. The van der Waals surface area contributed by atoms with Crippen molar-refractivity contribution in [2.75, 3.05) is 32.8 Å². The van der Waals surface area contributed by atoms with E-state index < -0.39 is 5.54 Å². The molecule has 5 nitrogen and oxygen atoms in total. The molecule has 0 aromatic rings. The fourth-order valence-electron chi connectivity index (χ4n) is 3.72. The summed E-state index contributed by atoms with van der Waals surface area (Å²) in [5.74, 6) is 0.429. The summed E-state index contributed by atoms with van der Waals surface area (Å²) in [5.41, 5.74) is 5.27. The highest BCUT2D eigenvalue weighted by atomic mass is 35.5. The van der Waals surface area contributed by atoms with Crippen LogP contribution in [0.5, 0.6) is 0 Å². The molecule has 1 aliphatic carbocycles. The number of rotatable bonds is 7. The lowest BCUT2D eigenvalue weighted by molar-refractivity contribution is -0.170. The predicted octanol–water partition coefficient (Wildman–Crippen LogP) is 2.21. The summed E-state index contributed by atoms with van der Waals surface area (Å²) in [7, 11) is 0. The molecule has 3 atom stereocenters. The number of nitrogens with one attached hydrogen (secondary N) is 1.